The molecule has 0 bridgehead atoms. The summed E-state index contributed by atoms with van der Waals surface area (Å²) in [6.07, 6.45) is 0.243. The molecule has 1 aromatic carbocycles. The lowest BCUT2D eigenvalue weighted by Crippen LogP contribution is -2.24. The van der Waals surface area contributed by atoms with Crippen LogP contribution in [0.15, 0.2) is 45.3 Å². The SMILES string of the molecule is Cc1noc(C)c1CC(=O)NCc1ccc(-c2nc3ccccc3s2)o1. The molecule has 4 rings (SSSR count). The lowest BCUT2D eigenvalue weighted by Gasteiger charge is -2.03. The number of rotatable bonds is 5. The first-order valence-electron chi connectivity index (χ1n) is 8.23. The molecule has 132 valence electrons. The highest BCUT2D eigenvalue weighted by Crippen LogP contribution is 2.31. The molecule has 0 saturated carbocycles. The lowest BCUT2D eigenvalue weighted by molar-refractivity contribution is -0.120. The van der Waals surface area contributed by atoms with E-state index in [0.717, 1.165) is 26.5 Å². The summed E-state index contributed by atoms with van der Waals surface area (Å²) >= 11 is 1.58. The minimum atomic E-state index is -0.0997. The number of aromatic nitrogens is 2. The van der Waals surface area contributed by atoms with Crippen LogP contribution in [-0.2, 0) is 17.8 Å². The van der Waals surface area contributed by atoms with Gasteiger partial charge in [-0.2, -0.15) is 0 Å². The van der Waals surface area contributed by atoms with Crippen molar-refractivity contribution in [1.82, 2.24) is 15.5 Å². The first kappa shape index (κ1) is 16.5. The molecule has 7 heteroatoms. The van der Waals surface area contributed by atoms with Crippen molar-refractivity contribution in [1.29, 1.82) is 0 Å². The van der Waals surface area contributed by atoms with Crippen molar-refractivity contribution in [2.75, 3.05) is 0 Å². The quantitative estimate of drug-likeness (QED) is 0.576. The first-order chi connectivity index (χ1) is 12.6. The van der Waals surface area contributed by atoms with Gasteiger partial charge >= 0.3 is 0 Å². The Kier molecular flexibility index (Phi) is 4.30. The number of thiazole rings is 1. The Hall–Kier alpha value is -2.93. The normalized spacial score (nSPS) is 11.2. The third kappa shape index (κ3) is 3.25. The van der Waals surface area contributed by atoms with Crippen molar-refractivity contribution in [2.45, 2.75) is 26.8 Å². The molecule has 0 unspecified atom stereocenters. The summed E-state index contributed by atoms with van der Waals surface area (Å²) < 4.78 is 12.0. The molecule has 0 aliphatic heterocycles. The number of aryl methyl sites for hydroxylation is 2. The van der Waals surface area contributed by atoms with Gasteiger partial charge in [0.15, 0.2) is 10.8 Å². The summed E-state index contributed by atoms with van der Waals surface area (Å²) in [4.78, 5) is 16.7. The number of hydrogen-bond donors (Lipinski definition) is 1. The first-order valence-corrected chi connectivity index (χ1v) is 9.05. The fourth-order valence-corrected chi connectivity index (χ4v) is 3.66. The van der Waals surface area contributed by atoms with Crippen LogP contribution in [0.25, 0.3) is 21.0 Å². The van der Waals surface area contributed by atoms with Crippen molar-refractivity contribution in [2.24, 2.45) is 0 Å². The monoisotopic (exact) mass is 367 g/mol. The number of amides is 1. The Morgan fingerprint density at radius 3 is 2.81 bits per heavy atom. The van der Waals surface area contributed by atoms with Crippen LogP contribution in [0.3, 0.4) is 0 Å². The van der Waals surface area contributed by atoms with Gasteiger partial charge in [0.2, 0.25) is 5.91 Å². The largest absolute Gasteiger partial charge is 0.457 e. The van der Waals surface area contributed by atoms with Crippen molar-refractivity contribution < 1.29 is 13.7 Å². The lowest BCUT2D eigenvalue weighted by atomic mass is 10.1. The summed E-state index contributed by atoms with van der Waals surface area (Å²) in [6.45, 7) is 3.96. The zero-order chi connectivity index (χ0) is 18.1. The molecule has 0 aliphatic rings. The molecule has 0 radical (unpaired) electrons. The second kappa shape index (κ2) is 6.76. The number of hydrogen-bond acceptors (Lipinski definition) is 6. The molecule has 0 atom stereocenters. The fourth-order valence-electron chi connectivity index (χ4n) is 2.73. The maximum absolute atomic E-state index is 12.1. The predicted octanol–water partition coefficient (Wildman–Crippen LogP) is 4.02. The van der Waals surface area contributed by atoms with E-state index in [4.69, 9.17) is 8.94 Å². The van der Waals surface area contributed by atoms with E-state index in [1.807, 2.05) is 43.3 Å². The number of nitrogens with zero attached hydrogens (tertiary/aromatic N) is 2. The Morgan fingerprint density at radius 1 is 1.19 bits per heavy atom. The smallest absolute Gasteiger partial charge is 0.225 e. The maximum Gasteiger partial charge on any atom is 0.225 e. The molecule has 6 nitrogen and oxygen atoms in total. The van der Waals surface area contributed by atoms with E-state index in [1.54, 1.807) is 18.3 Å². The van der Waals surface area contributed by atoms with Gasteiger partial charge in [0.25, 0.3) is 0 Å². The molecule has 0 saturated heterocycles. The molecule has 1 N–H and O–H groups in total. The molecule has 3 aromatic heterocycles. The van der Waals surface area contributed by atoms with Crippen molar-refractivity contribution in [3.8, 4) is 10.8 Å². The van der Waals surface area contributed by atoms with Crippen LogP contribution in [0.5, 0.6) is 0 Å². The van der Waals surface area contributed by atoms with E-state index in [2.05, 4.69) is 15.5 Å². The third-order valence-corrected chi connectivity index (χ3v) is 5.20. The van der Waals surface area contributed by atoms with Gasteiger partial charge in [-0.3, -0.25) is 4.79 Å². The Bertz CT molecular complexity index is 1020. The van der Waals surface area contributed by atoms with Gasteiger partial charge in [0.1, 0.15) is 11.5 Å². The van der Waals surface area contributed by atoms with Crippen LogP contribution < -0.4 is 5.32 Å². The molecule has 1 amide bonds. The van der Waals surface area contributed by atoms with Crippen molar-refractivity contribution >= 4 is 27.5 Å². The van der Waals surface area contributed by atoms with Crippen molar-refractivity contribution in [3.05, 3.63) is 59.2 Å². The number of para-hydroxylation sites is 1. The highest BCUT2D eigenvalue weighted by molar-refractivity contribution is 7.21. The van der Waals surface area contributed by atoms with Gasteiger partial charge in [0.05, 0.1) is 28.9 Å². The summed E-state index contributed by atoms with van der Waals surface area (Å²) in [5.74, 6) is 1.97. The zero-order valence-electron chi connectivity index (χ0n) is 14.4. The Morgan fingerprint density at radius 2 is 2.04 bits per heavy atom. The van der Waals surface area contributed by atoms with Crippen LogP contribution in [0.2, 0.25) is 0 Å². The number of fused-ring (bicyclic) bond motifs is 1. The molecular weight excluding hydrogens is 350 g/mol. The predicted molar refractivity (Wildman–Crippen MR) is 98.8 cm³/mol. The van der Waals surface area contributed by atoms with Crippen LogP contribution in [0, 0.1) is 13.8 Å². The van der Waals surface area contributed by atoms with Gasteiger partial charge in [-0.1, -0.05) is 17.3 Å². The van der Waals surface area contributed by atoms with Gasteiger partial charge < -0.3 is 14.3 Å². The molecule has 26 heavy (non-hydrogen) atoms. The van der Waals surface area contributed by atoms with Gasteiger partial charge in [-0.25, -0.2) is 4.98 Å². The average Bonchev–Trinajstić information content (AvgIpc) is 3.34. The summed E-state index contributed by atoms with van der Waals surface area (Å²) in [5, 5.41) is 7.56. The van der Waals surface area contributed by atoms with Gasteiger partial charge in [-0.05, 0) is 38.1 Å². The topological polar surface area (TPSA) is 81.2 Å². The molecule has 0 spiro atoms. The van der Waals surface area contributed by atoms with E-state index in [9.17, 15) is 4.79 Å². The van der Waals surface area contributed by atoms with Gasteiger partial charge in [-0.15, -0.1) is 11.3 Å². The number of benzene rings is 1. The number of furan rings is 1. The van der Waals surface area contributed by atoms with Crippen molar-refractivity contribution in [3.63, 3.8) is 0 Å². The summed E-state index contributed by atoms with van der Waals surface area (Å²) in [6, 6.07) is 11.7. The minimum absolute atomic E-state index is 0.0997. The molecule has 4 aromatic rings. The molecule has 0 aliphatic carbocycles. The number of carbonyl (C=O) groups is 1. The van der Waals surface area contributed by atoms with E-state index < -0.39 is 0 Å². The van der Waals surface area contributed by atoms with E-state index in [0.29, 0.717) is 23.8 Å². The van der Waals surface area contributed by atoms with Gasteiger partial charge in [0, 0.05) is 5.56 Å². The fraction of sp³-hybridized carbons (Fsp3) is 0.211. The maximum atomic E-state index is 12.1. The van der Waals surface area contributed by atoms with E-state index in [-0.39, 0.29) is 12.3 Å². The van der Waals surface area contributed by atoms with Crippen LogP contribution >= 0.6 is 11.3 Å². The van der Waals surface area contributed by atoms with Crippen LogP contribution in [0.4, 0.5) is 0 Å². The number of nitrogens with one attached hydrogen (secondary N) is 1. The second-order valence-corrected chi connectivity index (χ2v) is 7.04. The highest BCUT2D eigenvalue weighted by atomic mass is 32.1. The minimum Gasteiger partial charge on any atom is -0.457 e. The standard InChI is InChI=1S/C19H17N3O3S/c1-11-14(12(2)25-22-11)9-18(23)20-10-13-7-8-16(24-13)19-21-15-5-3-4-6-17(15)26-19/h3-8H,9-10H2,1-2H3,(H,20,23). The summed E-state index contributed by atoms with van der Waals surface area (Å²) in [5.41, 5.74) is 2.53. The zero-order valence-corrected chi connectivity index (χ0v) is 15.2. The molecule has 3 heterocycles. The third-order valence-electron chi connectivity index (χ3n) is 4.14. The Balaban J connectivity index is 1.41. The Labute approximate surface area is 153 Å². The highest BCUT2D eigenvalue weighted by Gasteiger charge is 2.14. The van der Waals surface area contributed by atoms with Crippen LogP contribution in [-0.4, -0.2) is 16.0 Å². The van der Waals surface area contributed by atoms with Crippen LogP contribution in [0.1, 0.15) is 22.8 Å². The van der Waals surface area contributed by atoms with E-state index >= 15 is 0 Å². The average molecular weight is 367 g/mol. The number of carbonyl (C=O) groups excluding carboxylic acids is 1. The van der Waals surface area contributed by atoms with E-state index in [1.165, 1.54) is 0 Å². The summed E-state index contributed by atoms with van der Waals surface area (Å²) in [7, 11) is 0. The molecular formula is C19H17N3O3S. The molecule has 0 fully saturated rings. The second-order valence-electron chi connectivity index (χ2n) is 6.01.